The summed E-state index contributed by atoms with van der Waals surface area (Å²) >= 11 is 5.15. The predicted octanol–water partition coefficient (Wildman–Crippen LogP) is 0.411. The third-order valence-corrected chi connectivity index (χ3v) is 0.647. The summed E-state index contributed by atoms with van der Waals surface area (Å²) in [5, 5.41) is 2.32. The molecular formula is C3H7ClN2O. The van der Waals surface area contributed by atoms with Gasteiger partial charge in [-0.2, -0.15) is 0 Å². The summed E-state index contributed by atoms with van der Waals surface area (Å²) in [6.45, 7) is 0. The van der Waals surface area contributed by atoms with Crippen molar-refractivity contribution >= 4 is 17.8 Å². The molecular weight excluding hydrogens is 115 g/mol. The van der Waals surface area contributed by atoms with Crippen LogP contribution in [0, 0.1) is 0 Å². The number of amides is 2. The first-order valence-electron chi connectivity index (χ1n) is 1.79. The van der Waals surface area contributed by atoms with Gasteiger partial charge in [0, 0.05) is 25.9 Å². The molecule has 1 N–H and O–H groups in total. The van der Waals surface area contributed by atoms with Crippen LogP contribution in [0.25, 0.3) is 0 Å². The van der Waals surface area contributed by atoms with Gasteiger partial charge >= 0.3 is 6.03 Å². The van der Waals surface area contributed by atoms with Gasteiger partial charge in [-0.05, 0) is 0 Å². The van der Waals surface area contributed by atoms with Crippen molar-refractivity contribution in [2.75, 3.05) is 14.1 Å². The van der Waals surface area contributed by atoms with Gasteiger partial charge in [0.15, 0.2) is 0 Å². The number of hydrogen-bond acceptors (Lipinski definition) is 1. The van der Waals surface area contributed by atoms with Crippen LogP contribution >= 0.6 is 11.8 Å². The van der Waals surface area contributed by atoms with Crippen LogP contribution in [0.3, 0.4) is 0 Å². The first kappa shape index (κ1) is 6.56. The molecule has 0 atom stereocenters. The maximum absolute atomic E-state index is 10.2. The van der Waals surface area contributed by atoms with E-state index in [1.165, 1.54) is 14.1 Å². The lowest BCUT2D eigenvalue weighted by Gasteiger charge is -2.02. The quantitative estimate of drug-likeness (QED) is 0.464. The van der Waals surface area contributed by atoms with Crippen molar-refractivity contribution in [3.63, 3.8) is 0 Å². The Morgan fingerprint density at radius 2 is 2.29 bits per heavy atom. The number of carbonyl (C=O) groups is 1. The topological polar surface area (TPSA) is 32.3 Å². The van der Waals surface area contributed by atoms with E-state index in [2.05, 4.69) is 5.32 Å². The second-order valence-electron chi connectivity index (χ2n) is 1.03. The predicted molar refractivity (Wildman–Crippen MR) is 28.1 cm³/mol. The van der Waals surface area contributed by atoms with E-state index in [1.807, 2.05) is 0 Å². The molecule has 7 heavy (non-hydrogen) atoms. The highest BCUT2D eigenvalue weighted by Crippen LogP contribution is 1.84. The van der Waals surface area contributed by atoms with Crippen LogP contribution in [0.2, 0.25) is 0 Å². The molecule has 0 heterocycles. The van der Waals surface area contributed by atoms with Crippen molar-refractivity contribution < 1.29 is 4.79 Å². The molecule has 0 rings (SSSR count). The Morgan fingerprint density at radius 1 is 1.86 bits per heavy atom. The average Bonchev–Trinajstić information content (AvgIpc) is 1.65. The smallest absolute Gasteiger partial charge is 0.331 e. The van der Waals surface area contributed by atoms with Crippen LogP contribution < -0.4 is 5.32 Å². The highest BCUT2D eigenvalue weighted by Gasteiger charge is 1.97. The lowest BCUT2D eigenvalue weighted by atomic mass is 11.0. The molecule has 0 aromatic carbocycles. The van der Waals surface area contributed by atoms with E-state index in [0.717, 1.165) is 4.42 Å². The molecule has 0 spiro atoms. The van der Waals surface area contributed by atoms with Gasteiger partial charge in [-0.1, -0.05) is 0 Å². The Morgan fingerprint density at radius 3 is 2.29 bits per heavy atom. The molecule has 0 saturated carbocycles. The maximum Gasteiger partial charge on any atom is 0.331 e. The first-order chi connectivity index (χ1) is 3.18. The number of halogens is 1. The molecule has 0 radical (unpaired) electrons. The van der Waals surface area contributed by atoms with Gasteiger partial charge in [0.2, 0.25) is 0 Å². The molecule has 42 valence electrons. The first-order valence-corrected chi connectivity index (χ1v) is 2.13. The molecule has 0 aromatic rings. The van der Waals surface area contributed by atoms with Crippen LogP contribution in [-0.4, -0.2) is 24.5 Å². The average molecular weight is 123 g/mol. The van der Waals surface area contributed by atoms with Gasteiger partial charge in [-0.15, -0.1) is 0 Å². The third kappa shape index (κ3) is 2.28. The largest absolute Gasteiger partial charge is 0.340 e. The minimum Gasteiger partial charge on any atom is -0.340 e. The molecule has 4 heteroatoms. The maximum atomic E-state index is 10.2. The van der Waals surface area contributed by atoms with Crippen molar-refractivity contribution in [2.45, 2.75) is 0 Å². The normalized spacial score (nSPS) is 7.86. The van der Waals surface area contributed by atoms with E-state index in [-0.39, 0.29) is 6.03 Å². The fraction of sp³-hybridized carbons (Fsp3) is 0.667. The Bertz CT molecular complexity index is 73.3. The van der Waals surface area contributed by atoms with Crippen molar-refractivity contribution in [3.8, 4) is 0 Å². The monoisotopic (exact) mass is 122 g/mol. The zero-order valence-corrected chi connectivity index (χ0v) is 4.99. The summed E-state index contributed by atoms with van der Waals surface area (Å²) < 4.78 is 0.944. The number of rotatable bonds is 0. The molecule has 0 aromatic heterocycles. The third-order valence-electron chi connectivity index (χ3n) is 0.494. The van der Waals surface area contributed by atoms with E-state index >= 15 is 0 Å². The van der Waals surface area contributed by atoms with Gasteiger partial charge in [-0.25, -0.2) is 9.21 Å². The minimum atomic E-state index is -0.304. The standard InChI is InChI=1S/C3H7ClN2O/c1-5-3(7)6(2)4/h1-2H3,(H,5,7). The molecule has 0 fully saturated rings. The molecule has 0 unspecified atom stereocenters. The number of urea groups is 1. The van der Waals surface area contributed by atoms with Crippen LogP contribution in [0.4, 0.5) is 4.79 Å². The highest BCUT2D eigenvalue weighted by atomic mass is 35.5. The second kappa shape index (κ2) is 2.69. The van der Waals surface area contributed by atoms with Gasteiger partial charge in [0.25, 0.3) is 0 Å². The van der Waals surface area contributed by atoms with E-state index < -0.39 is 0 Å². The van der Waals surface area contributed by atoms with E-state index in [4.69, 9.17) is 11.8 Å². The van der Waals surface area contributed by atoms with Crippen LogP contribution in [-0.2, 0) is 0 Å². The summed E-state index contributed by atoms with van der Waals surface area (Å²) in [6.07, 6.45) is 0. The fourth-order valence-electron chi connectivity index (χ4n) is 0.154. The van der Waals surface area contributed by atoms with Crippen LogP contribution in [0.15, 0.2) is 0 Å². The fourth-order valence-corrected chi connectivity index (χ4v) is 0.239. The molecule has 2 amide bonds. The van der Waals surface area contributed by atoms with Crippen LogP contribution in [0.5, 0.6) is 0 Å². The molecule has 0 bridgehead atoms. The number of nitrogens with zero attached hydrogens (tertiary/aromatic N) is 1. The van der Waals surface area contributed by atoms with Crippen molar-refractivity contribution in [1.29, 1.82) is 0 Å². The van der Waals surface area contributed by atoms with Gasteiger partial charge in [0.05, 0.1) is 0 Å². The Balaban J connectivity index is 3.35. The van der Waals surface area contributed by atoms with Crippen molar-refractivity contribution in [2.24, 2.45) is 0 Å². The van der Waals surface area contributed by atoms with E-state index in [0.29, 0.717) is 0 Å². The van der Waals surface area contributed by atoms with Gasteiger partial charge < -0.3 is 5.32 Å². The molecule has 0 aliphatic heterocycles. The molecule has 0 saturated heterocycles. The zero-order chi connectivity index (χ0) is 5.86. The van der Waals surface area contributed by atoms with E-state index in [9.17, 15) is 4.79 Å². The Labute approximate surface area is 47.4 Å². The second-order valence-corrected chi connectivity index (χ2v) is 1.54. The zero-order valence-electron chi connectivity index (χ0n) is 4.23. The van der Waals surface area contributed by atoms with E-state index in [1.54, 1.807) is 0 Å². The van der Waals surface area contributed by atoms with Crippen molar-refractivity contribution in [1.82, 2.24) is 9.74 Å². The van der Waals surface area contributed by atoms with Crippen molar-refractivity contribution in [3.05, 3.63) is 0 Å². The number of carbonyl (C=O) groups excluding carboxylic acids is 1. The minimum absolute atomic E-state index is 0.304. The Hall–Kier alpha value is -0.440. The van der Waals surface area contributed by atoms with Gasteiger partial charge in [-0.3, -0.25) is 0 Å². The summed E-state index contributed by atoms with van der Waals surface area (Å²) in [7, 11) is 2.97. The molecule has 3 nitrogen and oxygen atoms in total. The Kier molecular flexibility index (Phi) is 2.52. The van der Waals surface area contributed by atoms with Gasteiger partial charge in [0.1, 0.15) is 0 Å². The molecule has 0 aliphatic rings. The SMILES string of the molecule is CNC(=O)N(C)Cl. The lowest BCUT2D eigenvalue weighted by Crippen LogP contribution is -2.27. The summed E-state index contributed by atoms with van der Waals surface area (Å²) in [5.41, 5.74) is 0. The highest BCUT2D eigenvalue weighted by molar-refractivity contribution is 6.20. The van der Waals surface area contributed by atoms with Crippen LogP contribution in [0.1, 0.15) is 0 Å². The summed E-state index contributed by atoms with van der Waals surface area (Å²) in [5.74, 6) is 0. The summed E-state index contributed by atoms with van der Waals surface area (Å²) in [4.78, 5) is 10.2. The summed E-state index contributed by atoms with van der Waals surface area (Å²) in [6, 6.07) is -0.304. The molecule has 0 aliphatic carbocycles. The number of hydrogen-bond donors (Lipinski definition) is 1. The number of nitrogens with one attached hydrogen (secondary N) is 1. The lowest BCUT2D eigenvalue weighted by molar-refractivity contribution is 0.231.